The topological polar surface area (TPSA) is 43.6 Å². The molecule has 0 saturated heterocycles. The molecule has 0 aliphatic heterocycles. The fraction of sp³-hybridized carbons (Fsp3) is 0.364. The van der Waals surface area contributed by atoms with Crippen LogP contribution in [0.3, 0.4) is 0 Å². The summed E-state index contributed by atoms with van der Waals surface area (Å²) >= 11 is 0. The normalized spacial score (nSPS) is 10.7. The zero-order valence-corrected chi connectivity index (χ0v) is 9.44. The molecule has 0 spiro atoms. The van der Waals surface area contributed by atoms with E-state index in [0.717, 1.165) is 23.0 Å². The minimum Gasteiger partial charge on any atom is -0.313 e. The first-order valence-corrected chi connectivity index (χ1v) is 4.90. The van der Waals surface area contributed by atoms with E-state index >= 15 is 0 Å². The molecule has 0 aliphatic carbocycles. The molecular formula is C11H14N4. The van der Waals surface area contributed by atoms with Gasteiger partial charge in [0.1, 0.15) is 11.5 Å². The van der Waals surface area contributed by atoms with Crippen LogP contribution in [0.5, 0.6) is 0 Å². The number of rotatable bonds is 1. The van der Waals surface area contributed by atoms with Gasteiger partial charge in [0, 0.05) is 12.7 Å². The van der Waals surface area contributed by atoms with E-state index in [-0.39, 0.29) is 0 Å². The van der Waals surface area contributed by atoms with Gasteiger partial charge in [0.15, 0.2) is 5.82 Å². The van der Waals surface area contributed by atoms with Crippen molar-refractivity contribution in [1.29, 1.82) is 0 Å². The van der Waals surface area contributed by atoms with E-state index in [9.17, 15) is 0 Å². The molecule has 2 rings (SSSR count). The Morgan fingerprint density at radius 2 is 1.80 bits per heavy atom. The highest BCUT2D eigenvalue weighted by atomic mass is 15.3. The molecule has 0 atom stereocenters. The van der Waals surface area contributed by atoms with Crippen molar-refractivity contribution >= 4 is 0 Å². The van der Waals surface area contributed by atoms with Gasteiger partial charge in [-0.2, -0.15) is 0 Å². The molecule has 4 heteroatoms. The molecule has 0 bridgehead atoms. The van der Waals surface area contributed by atoms with Crippen molar-refractivity contribution in [3.8, 4) is 11.5 Å². The third kappa shape index (κ3) is 1.63. The summed E-state index contributed by atoms with van der Waals surface area (Å²) in [7, 11) is 1.95. The molecule has 78 valence electrons. The SMILES string of the molecule is Cc1ccc(-c2nnc(C)n2C)nc1C. The van der Waals surface area contributed by atoms with Gasteiger partial charge in [-0.25, -0.2) is 4.98 Å². The molecular weight excluding hydrogens is 188 g/mol. The molecule has 0 radical (unpaired) electrons. The van der Waals surface area contributed by atoms with Crippen molar-refractivity contribution in [2.24, 2.45) is 7.05 Å². The summed E-state index contributed by atoms with van der Waals surface area (Å²) in [6.07, 6.45) is 0. The van der Waals surface area contributed by atoms with Gasteiger partial charge in [0.2, 0.25) is 0 Å². The van der Waals surface area contributed by atoms with Crippen LogP contribution in [0.25, 0.3) is 11.5 Å². The Morgan fingerprint density at radius 3 is 2.33 bits per heavy atom. The number of aromatic nitrogens is 4. The molecule has 0 aromatic carbocycles. The Morgan fingerprint density at radius 1 is 1.07 bits per heavy atom. The summed E-state index contributed by atoms with van der Waals surface area (Å²) in [5.74, 6) is 1.71. The quantitative estimate of drug-likeness (QED) is 0.708. The van der Waals surface area contributed by atoms with Crippen LogP contribution < -0.4 is 0 Å². The highest BCUT2D eigenvalue weighted by molar-refractivity contribution is 5.50. The van der Waals surface area contributed by atoms with Crippen LogP contribution in [0, 0.1) is 20.8 Å². The lowest BCUT2D eigenvalue weighted by Crippen LogP contribution is -1.98. The van der Waals surface area contributed by atoms with Crippen LogP contribution in [-0.2, 0) is 7.05 Å². The Kier molecular flexibility index (Phi) is 2.26. The van der Waals surface area contributed by atoms with E-state index in [0.29, 0.717) is 0 Å². The van der Waals surface area contributed by atoms with Gasteiger partial charge < -0.3 is 4.57 Å². The van der Waals surface area contributed by atoms with Gasteiger partial charge in [-0.05, 0) is 32.4 Å². The first kappa shape index (κ1) is 9.83. The fourth-order valence-electron chi connectivity index (χ4n) is 1.39. The average molecular weight is 202 g/mol. The van der Waals surface area contributed by atoms with Crippen LogP contribution in [0.4, 0.5) is 0 Å². The third-order valence-electron chi connectivity index (χ3n) is 2.67. The molecule has 4 nitrogen and oxygen atoms in total. The molecule has 0 amide bonds. The molecule has 2 aromatic rings. The van der Waals surface area contributed by atoms with Gasteiger partial charge >= 0.3 is 0 Å². The predicted octanol–water partition coefficient (Wildman–Crippen LogP) is 1.80. The monoisotopic (exact) mass is 202 g/mol. The molecule has 0 unspecified atom stereocenters. The van der Waals surface area contributed by atoms with Crippen LogP contribution in [0.2, 0.25) is 0 Å². The maximum Gasteiger partial charge on any atom is 0.182 e. The first-order valence-electron chi connectivity index (χ1n) is 4.90. The van der Waals surface area contributed by atoms with Crippen molar-refractivity contribution in [3.63, 3.8) is 0 Å². The van der Waals surface area contributed by atoms with E-state index < -0.39 is 0 Å². The fourth-order valence-corrected chi connectivity index (χ4v) is 1.39. The summed E-state index contributed by atoms with van der Waals surface area (Å²) < 4.78 is 1.94. The van der Waals surface area contributed by atoms with Crippen LogP contribution in [-0.4, -0.2) is 19.7 Å². The largest absolute Gasteiger partial charge is 0.313 e. The van der Waals surface area contributed by atoms with Gasteiger partial charge in [-0.1, -0.05) is 6.07 Å². The number of hydrogen-bond donors (Lipinski definition) is 0. The van der Waals surface area contributed by atoms with Crippen LogP contribution in [0.1, 0.15) is 17.1 Å². The Hall–Kier alpha value is -1.71. The second-order valence-corrected chi connectivity index (χ2v) is 3.73. The van der Waals surface area contributed by atoms with E-state index in [1.54, 1.807) is 0 Å². The van der Waals surface area contributed by atoms with E-state index in [4.69, 9.17) is 0 Å². The maximum absolute atomic E-state index is 4.49. The summed E-state index contributed by atoms with van der Waals surface area (Å²) in [4.78, 5) is 4.49. The van der Waals surface area contributed by atoms with E-state index in [1.165, 1.54) is 5.56 Å². The standard InChI is InChI=1S/C11H14N4/c1-7-5-6-10(12-8(7)2)11-14-13-9(3)15(11)4/h5-6H,1-4H3. The lowest BCUT2D eigenvalue weighted by Gasteiger charge is -2.03. The third-order valence-corrected chi connectivity index (χ3v) is 2.67. The summed E-state index contributed by atoms with van der Waals surface area (Å²) in [5.41, 5.74) is 3.10. The second-order valence-electron chi connectivity index (χ2n) is 3.73. The summed E-state index contributed by atoms with van der Waals surface area (Å²) in [5, 5.41) is 8.12. The minimum absolute atomic E-state index is 0.815. The van der Waals surface area contributed by atoms with Crippen molar-refractivity contribution in [2.75, 3.05) is 0 Å². The van der Waals surface area contributed by atoms with Crippen molar-refractivity contribution in [2.45, 2.75) is 20.8 Å². The zero-order chi connectivity index (χ0) is 11.0. The van der Waals surface area contributed by atoms with Gasteiger partial charge in [-0.15, -0.1) is 10.2 Å². The van der Waals surface area contributed by atoms with Crippen molar-refractivity contribution < 1.29 is 0 Å². The molecule has 0 fully saturated rings. The Balaban J connectivity index is 2.55. The number of hydrogen-bond acceptors (Lipinski definition) is 3. The van der Waals surface area contributed by atoms with Crippen molar-refractivity contribution in [3.05, 3.63) is 29.2 Å². The van der Waals surface area contributed by atoms with Gasteiger partial charge in [0.05, 0.1) is 0 Å². The van der Waals surface area contributed by atoms with Gasteiger partial charge in [-0.3, -0.25) is 0 Å². The lowest BCUT2D eigenvalue weighted by molar-refractivity contribution is 0.860. The molecule has 0 N–H and O–H groups in total. The van der Waals surface area contributed by atoms with E-state index in [1.807, 2.05) is 38.5 Å². The summed E-state index contributed by atoms with van der Waals surface area (Å²) in [6.45, 7) is 5.98. The number of nitrogens with zero attached hydrogens (tertiary/aromatic N) is 4. The smallest absolute Gasteiger partial charge is 0.182 e. The highest BCUT2D eigenvalue weighted by Crippen LogP contribution is 2.16. The van der Waals surface area contributed by atoms with Crippen molar-refractivity contribution in [1.82, 2.24) is 19.7 Å². The zero-order valence-electron chi connectivity index (χ0n) is 9.44. The Bertz CT molecular complexity index is 499. The number of aryl methyl sites for hydroxylation is 3. The Labute approximate surface area is 89.0 Å². The summed E-state index contributed by atoms with van der Waals surface area (Å²) in [6, 6.07) is 4.04. The highest BCUT2D eigenvalue weighted by Gasteiger charge is 2.09. The lowest BCUT2D eigenvalue weighted by atomic mass is 10.2. The first-order chi connectivity index (χ1) is 7.09. The molecule has 0 aliphatic rings. The molecule has 2 aromatic heterocycles. The van der Waals surface area contributed by atoms with Gasteiger partial charge in [0.25, 0.3) is 0 Å². The van der Waals surface area contributed by atoms with Crippen LogP contribution in [0.15, 0.2) is 12.1 Å². The average Bonchev–Trinajstić information content (AvgIpc) is 2.53. The molecule has 15 heavy (non-hydrogen) atoms. The van der Waals surface area contributed by atoms with Crippen LogP contribution >= 0.6 is 0 Å². The maximum atomic E-state index is 4.49. The minimum atomic E-state index is 0.815. The number of pyridine rings is 1. The van der Waals surface area contributed by atoms with E-state index in [2.05, 4.69) is 21.2 Å². The predicted molar refractivity (Wildman–Crippen MR) is 58.4 cm³/mol. The molecule has 0 saturated carbocycles. The molecule has 2 heterocycles. The second kappa shape index (κ2) is 3.46.